The molecule has 2 N–H and O–H groups in total. The van der Waals surface area contributed by atoms with Crippen LogP contribution in [0.1, 0.15) is 11.4 Å². The molecule has 5 rings (SSSR count). The first-order valence-corrected chi connectivity index (χ1v) is 8.75. The number of ether oxygens (including phenoxy) is 2. The largest absolute Gasteiger partial charge is 0.454 e. The Labute approximate surface area is 155 Å². The molecule has 0 fully saturated rings. The second-order valence-corrected chi connectivity index (χ2v) is 6.78. The third-order valence-corrected chi connectivity index (χ3v) is 5.35. The zero-order valence-corrected chi connectivity index (χ0v) is 15.1. The topological polar surface area (TPSA) is 87.6 Å². The molecule has 8 heteroatoms. The molecule has 0 saturated carbocycles. The van der Waals surface area contributed by atoms with E-state index < -0.39 is 0 Å². The molecule has 0 atom stereocenters. The third kappa shape index (κ3) is 2.28. The monoisotopic (exact) mass is 445 g/mol. The predicted octanol–water partition coefficient (Wildman–Crippen LogP) is 2.78. The summed E-state index contributed by atoms with van der Waals surface area (Å²) in [5.74, 6) is 2.57. The fraction of sp³-hybridized carbons (Fsp3) is 0.118. The Bertz CT molecular complexity index is 1140. The second kappa shape index (κ2) is 5.45. The SMILES string of the molecule is Nc1nc2c3ccccc3nc(Cc3ccc4c(c3I)OCO4)n2n1. The number of para-hydroxylation sites is 1. The summed E-state index contributed by atoms with van der Waals surface area (Å²) in [5, 5.41) is 5.25. The van der Waals surface area contributed by atoms with Gasteiger partial charge in [-0.2, -0.15) is 9.50 Å². The molecule has 0 saturated heterocycles. The highest BCUT2D eigenvalue weighted by atomic mass is 127. The molecule has 0 bridgehead atoms. The van der Waals surface area contributed by atoms with E-state index in [1.54, 1.807) is 4.52 Å². The molecule has 0 amide bonds. The number of anilines is 1. The summed E-state index contributed by atoms with van der Waals surface area (Å²) in [4.78, 5) is 9.14. The molecule has 25 heavy (non-hydrogen) atoms. The molecular formula is C17H12IN5O2. The number of aromatic nitrogens is 4. The van der Waals surface area contributed by atoms with Crippen molar-refractivity contribution in [1.82, 2.24) is 19.6 Å². The maximum atomic E-state index is 5.84. The average molecular weight is 445 g/mol. The Morgan fingerprint density at radius 1 is 1.12 bits per heavy atom. The van der Waals surface area contributed by atoms with Gasteiger partial charge >= 0.3 is 0 Å². The van der Waals surface area contributed by atoms with Crippen LogP contribution in [0.15, 0.2) is 36.4 Å². The van der Waals surface area contributed by atoms with E-state index in [1.807, 2.05) is 36.4 Å². The van der Waals surface area contributed by atoms with Gasteiger partial charge in [-0.1, -0.05) is 18.2 Å². The summed E-state index contributed by atoms with van der Waals surface area (Å²) in [5.41, 5.74) is 8.51. The number of fused-ring (bicyclic) bond motifs is 4. The predicted molar refractivity (Wildman–Crippen MR) is 101 cm³/mol. The van der Waals surface area contributed by atoms with Crippen molar-refractivity contribution in [2.24, 2.45) is 0 Å². The molecule has 0 radical (unpaired) electrons. The quantitative estimate of drug-likeness (QED) is 0.478. The first kappa shape index (κ1) is 14.7. The molecular weight excluding hydrogens is 433 g/mol. The van der Waals surface area contributed by atoms with E-state index in [-0.39, 0.29) is 12.7 Å². The molecule has 0 aliphatic carbocycles. The van der Waals surface area contributed by atoms with E-state index in [2.05, 4.69) is 32.7 Å². The minimum Gasteiger partial charge on any atom is -0.454 e. The zero-order chi connectivity index (χ0) is 17.0. The molecule has 2 aromatic heterocycles. The Hall–Kier alpha value is -2.62. The fourth-order valence-electron chi connectivity index (χ4n) is 3.03. The average Bonchev–Trinajstić information content (AvgIpc) is 3.24. The van der Waals surface area contributed by atoms with Gasteiger partial charge in [0, 0.05) is 11.8 Å². The number of nitrogen functional groups attached to an aromatic ring is 1. The normalized spacial score (nSPS) is 13.0. The maximum absolute atomic E-state index is 5.84. The Morgan fingerprint density at radius 3 is 2.92 bits per heavy atom. The minimum absolute atomic E-state index is 0.236. The van der Waals surface area contributed by atoms with Crippen LogP contribution in [-0.2, 0) is 6.42 Å². The molecule has 2 aromatic carbocycles. The smallest absolute Gasteiger partial charge is 0.240 e. The maximum Gasteiger partial charge on any atom is 0.240 e. The van der Waals surface area contributed by atoms with Gasteiger partial charge in [-0.05, 0) is 46.4 Å². The second-order valence-electron chi connectivity index (χ2n) is 5.70. The Morgan fingerprint density at radius 2 is 2.00 bits per heavy atom. The number of hydrogen-bond acceptors (Lipinski definition) is 6. The van der Waals surface area contributed by atoms with E-state index in [1.165, 1.54) is 0 Å². The molecule has 7 nitrogen and oxygen atoms in total. The van der Waals surface area contributed by atoms with Crippen LogP contribution in [0.5, 0.6) is 11.5 Å². The third-order valence-electron chi connectivity index (χ3n) is 4.17. The van der Waals surface area contributed by atoms with Gasteiger partial charge in [0.2, 0.25) is 12.7 Å². The van der Waals surface area contributed by atoms with Gasteiger partial charge in [-0.3, -0.25) is 0 Å². The Kier molecular flexibility index (Phi) is 3.20. The van der Waals surface area contributed by atoms with Crippen molar-refractivity contribution in [1.29, 1.82) is 0 Å². The van der Waals surface area contributed by atoms with Gasteiger partial charge in [0.25, 0.3) is 0 Å². The van der Waals surface area contributed by atoms with Crippen molar-refractivity contribution in [2.75, 3.05) is 12.5 Å². The lowest BCUT2D eigenvalue weighted by Gasteiger charge is -2.09. The summed E-state index contributed by atoms with van der Waals surface area (Å²) in [6.45, 7) is 0.257. The minimum atomic E-state index is 0.236. The number of nitrogens with two attached hydrogens (primary N) is 1. The standard InChI is InChI=1S/C17H12IN5O2/c18-14-9(5-6-12-15(14)25-8-24-12)7-13-20-11-4-2-1-3-10(11)16-21-17(19)22-23(13)16/h1-6H,7-8H2,(H2,19,22). The van der Waals surface area contributed by atoms with Crippen molar-refractivity contribution < 1.29 is 9.47 Å². The summed E-state index contributed by atoms with van der Waals surface area (Å²) in [6.07, 6.45) is 0.582. The van der Waals surface area contributed by atoms with Gasteiger partial charge in [-0.25, -0.2) is 4.98 Å². The highest BCUT2D eigenvalue weighted by Gasteiger charge is 2.21. The molecule has 0 unspecified atom stereocenters. The summed E-state index contributed by atoms with van der Waals surface area (Å²) in [7, 11) is 0. The first-order chi connectivity index (χ1) is 12.2. The van der Waals surface area contributed by atoms with Crippen LogP contribution in [0, 0.1) is 3.57 Å². The molecule has 124 valence electrons. The van der Waals surface area contributed by atoms with E-state index in [0.717, 1.165) is 37.4 Å². The molecule has 4 aromatic rings. The number of hydrogen-bond donors (Lipinski definition) is 1. The molecule has 3 heterocycles. The van der Waals surface area contributed by atoms with Crippen LogP contribution >= 0.6 is 22.6 Å². The summed E-state index contributed by atoms with van der Waals surface area (Å²) >= 11 is 2.28. The summed E-state index contributed by atoms with van der Waals surface area (Å²) in [6, 6.07) is 11.8. The lowest BCUT2D eigenvalue weighted by atomic mass is 10.1. The molecule has 1 aliphatic heterocycles. The van der Waals surface area contributed by atoms with Gasteiger partial charge in [0.05, 0.1) is 9.09 Å². The van der Waals surface area contributed by atoms with Gasteiger partial charge in [0.15, 0.2) is 17.1 Å². The lowest BCUT2D eigenvalue weighted by Crippen LogP contribution is -2.06. The van der Waals surface area contributed by atoms with Crippen molar-refractivity contribution >= 4 is 45.1 Å². The lowest BCUT2D eigenvalue weighted by molar-refractivity contribution is 0.173. The number of nitrogens with zero attached hydrogens (tertiary/aromatic N) is 4. The van der Waals surface area contributed by atoms with Crippen LogP contribution in [0.4, 0.5) is 5.95 Å². The zero-order valence-electron chi connectivity index (χ0n) is 12.9. The van der Waals surface area contributed by atoms with Crippen LogP contribution in [0.3, 0.4) is 0 Å². The number of halogens is 1. The van der Waals surface area contributed by atoms with Crippen LogP contribution in [-0.4, -0.2) is 26.4 Å². The first-order valence-electron chi connectivity index (χ1n) is 7.67. The molecule has 0 spiro atoms. The van der Waals surface area contributed by atoms with Gasteiger partial charge < -0.3 is 15.2 Å². The van der Waals surface area contributed by atoms with Crippen molar-refractivity contribution in [3.63, 3.8) is 0 Å². The summed E-state index contributed by atoms with van der Waals surface area (Å²) < 4.78 is 13.7. The van der Waals surface area contributed by atoms with Crippen molar-refractivity contribution in [2.45, 2.75) is 6.42 Å². The van der Waals surface area contributed by atoms with E-state index in [9.17, 15) is 0 Å². The highest BCUT2D eigenvalue weighted by Crippen LogP contribution is 2.38. The van der Waals surface area contributed by atoms with Gasteiger partial charge in [-0.15, -0.1) is 5.10 Å². The van der Waals surface area contributed by atoms with E-state index >= 15 is 0 Å². The highest BCUT2D eigenvalue weighted by molar-refractivity contribution is 14.1. The van der Waals surface area contributed by atoms with Crippen LogP contribution in [0.25, 0.3) is 16.6 Å². The Balaban J connectivity index is 1.70. The van der Waals surface area contributed by atoms with Crippen molar-refractivity contribution in [3.8, 4) is 11.5 Å². The molecule has 1 aliphatic rings. The number of benzene rings is 2. The number of rotatable bonds is 2. The van der Waals surface area contributed by atoms with Gasteiger partial charge in [0.1, 0.15) is 5.82 Å². The van der Waals surface area contributed by atoms with Crippen LogP contribution < -0.4 is 15.2 Å². The van der Waals surface area contributed by atoms with Crippen molar-refractivity contribution in [3.05, 3.63) is 51.4 Å². The fourth-order valence-corrected chi connectivity index (χ4v) is 3.82. The van der Waals surface area contributed by atoms with Crippen LogP contribution in [0.2, 0.25) is 0 Å². The van der Waals surface area contributed by atoms with E-state index in [0.29, 0.717) is 12.1 Å². The van der Waals surface area contributed by atoms with E-state index in [4.69, 9.17) is 20.2 Å².